The van der Waals surface area contributed by atoms with Gasteiger partial charge in [-0.2, -0.15) is 0 Å². The standard InChI is InChI=1S/C15H22ClNO2/c1-13(2)9-15(10-18,14(3,4)19-13)17-12-7-5-6-11(16)8-12/h5-8,17-18H,9-10H2,1-4H3. The van der Waals surface area contributed by atoms with Gasteiger partial charge in [0, 0.05) is 17.1 Å². The van der Waals surface area contributed by atoms with E-state index in [0.717, 1.165) is 12.1 Å². The second-order valence-electron chi connectivity index (χ2n) is 6.42. The Labute approximate surface area is 119 Å². The number of hydrogen-bond acceptors (Lipinski definition) is 3. The Kier molecular flexibility index (Phi) is 3.58. The number of aliphatic hydroxyl groups excluding tert-OH is 1. The van der Waals surface area contributed by atoms with Crippen molar-refractivity contribution in [3.63, 3.8) is 0 Å². The largest absolute Gasteiger partial charge is 0.394 e. The molecule has 1 aliphatic heterocycles. The molecule has 0 spiro atoms. The molecular formula is C15H22ClNO2. The number of halogens is 1. The molecule has 1 saturated heterocycles. The van der Waals surface area contributed by atoms with E-state index in [1.165, 1.54) is 0 Å². The van der Waals surface area contributed by atoms with Gasteiger partial charge in [-0.05, 0) is 45.9 Å². The van der Waals surface area contributed by atoms with E-state index in [2.05, 4.69) is 5.32 Å². The van der Waals surface area contributed by atoms with Crippen LogP contribution in [0.25, 0.3) is 0 Å². The van der Waals surface area contributed by atoms with E-state index in [9.17, 15) is 5.11 Å². The highest BCUT2D eigenvalue weighted by molar-refractivity contribution is 6.30. The number of nitrogens with one attached hydrogen (secondary N) is 1. The third kappa shape index (κ3) is 2.73. The molecule has 1 aromatic carbocycles. The highest BCUT2D eigenvalue weighted by Gasteiger charge is 2.57. The second-order valence-corrected chi connectivity index (χ2v) is 6.86. The van der Waals surface area contributed by atoms with Gasteiger partial charge in [0.25, 0.3) is 0 Å². The van der Waals surface area contributed by atoms with Crippen molar-refractivity contribution in [3.8, 4) is 0 Å². The number of aliphatic hydroxyl groups is 1. The van der Waals surface area contributed by atoms with Gasteiger partial charge in [-0.25, -0.2) is 0 Å². The lowest BCUT2D eigenvalue weighted by Crippen LogP contribution is -2.55. The van der Waals surface area contributed by atoms with Gasteiger partial charge in [0.15, 0.2) is 0 Å². The molecule has 1 atom stereocenters. The van der Waals surface area contributed by atoms with Gasteiger partial charge in [0.1, 0.15) is 0 Å². The van der Waals surface area contributed by atoms with Crippen molar-refractivity contribution in [2.75, 3.05) is 11.9 Å². The maximum atomic E-state index is 9.94. The summed E-state index contributed by atoms with van der Waals surface area (Å²) >= 11 is 6.01. The molecule has 3 nitrogen and oxygen atoms in total. The van der Waals surface area contributed by atoms with E-state index in [1.807, 2.05) is 52.0 Å². The van der Waals surface area contributed by atoms with Crippen LogP contribution in [0.3, 0.4) is 0 Å². The maximum absolute atomic E-state index is 9.94. The zero-order valence-corrected chi connectivity index (χ0v) is 12.7. The average molecular weight is 284 g/mol. The first kappa shape index (κ1) is 14.6. The van der Waals surface area contributed by atoms with Crippen molar-refractivity contribution >= 4 is 17.3 Å². The van der Waals surface area contributed by atoms with Crippen LogP contribution in [0.15, 0.2) is 24.3 Å². The summed E-state index contributed by atoms with van der Waals surface area (Å²) in [7, 11) is 0. The minimum atomic E-state index is -0.513. The number of benzene rings is 1. The Morgan fingerprint density at radius 1 is 1.32 bits per heavy atom. The smallest absolute Gasteiger partial charge is 0.0916 e. The molecule has 0 aromatic heterocycles. The number of ether oxygens (including phenoxy) is 1. The predicted octanol–water partition coefficient (Wildman–Crippen LogP) is 3.46. The third-order valence-corrected chi connectivity index (χ3v) is 4.12. The van der Waals surface area contributed by atoms with Crippen molar-refractivity contribution in [1.82, 2.24) is 0 Å². The van der Waals surface area contributed by atoms with Gasteiger partial charge in [-0.3, -0.25) is 0 Å². The van der Waals surface area contributed by atoms with Crippen LogP contribution in [-0.2, 0) is 4.74 Å². The zero-order chi connectivity index (χ0) is 14.3. The van der Waals surface area contributed by atoms with E-state index in [-0.39, 0.29) is 12.2 Å². The fraction of sp³-hybridized carbons (Fsp3) is 0.600. The molecule has 2 N–H and O–H groups in total. The van der Waals surface area contributed by atoms with E-state index in [1.54, 1.807) is 0 Å². The monoisotopic (exact) mass is 283 g/mol. The molecule has 1 unspecified atom stereocenters. The highest BCUT2D eigenvalue weighted by atomic mass is 35.5. The van der Waals surface area contributed by atoms with E-state index < -0.39 is 11.1 Å². The lowest BCUT2D eigenvalue weighted by Gasteiger charge is -2.40. The topological polar surface area (TPSA) is 41.5 Å². The van der Waals surface area contributed by atoms with Gasteiger partial charge in [0.2, 0.25) is 0 Å². The first-order valence-corrected chi connectivity index (χ1v) is 6.92. The Morgan fingerprint density at radius 2 is 2.00 bits per heavy atom. The molecule has 1 aliphatic rings. The molecule has 0 aliphatic carbocycles. The number of hydrogen-bond donors (Lipinski definition) is 2. The first-order chi connectivity index (χ1) is 8.70. The van der Waals surface area contributed by atoms with Gasteiger partial charge < -0.3 is 15.2 Å². The van der Waals surface area contributed by atoms with Crippen LogP contribution < -0.4 is 5.32 Å². The SMILES string of the molecule is CC1(C)CC(CO)(Nc2cccc(Cl)c2)C(C)(C)O1. The molecule has 0 saturated carbocycles. The summed E-state index contributed by atoms with van der Waals surface area (Å²) in [6, 6.07) is 7.54. The van der Waals surface area contributed by atoms with E-state index in [4.69, 9.17) is 16.3 Å². The van der Waals surface area contributed by atoms with Gasteiger partial charge in [-0.1, -0.05) is 17.7 Å². The maximum Gasteiger partial charge on any atom is 0.0916 e. The first-order valence-electron chi connectivity index (χ1n) is 6.55. The zero-order valence-electron chi connectivity index (χ0n) is 12.0. The summed E-state index contributed by atoms with van der Waals surface area (Å²) in [5, 5.41) is 14.0. The fourth-order valence-corrected chi connectivity index (χ4v) is 3.28. The molecule has 1 fully saturated rings. The Hall–Kier alpha value is -0.770. The lowest BCUT2D eigenvalue weighted by molar-refractivity contribution is -0.0808. The fourth-order valence-electron chi connectivity index (χ4n) is 3.09. The predicted molar refractivity (Wildman–Crippen MR) is 78.8 cm³/mol. The molecule has 1 aromatic rings. The molecule has 106 valence electrons. The third-order valence-electron chi connectivity index (χ3n) is 3.89. The van der Waals surface area contributed by atoms with Crippen molar-refractivity contribution in [2.24, 2.45) is 0 Å². The Balaban J connectivity index is 2.33. The van der Waals surface area contributed by atoms with Gasteiger partial charge in [0.05, 0.1) is 23.3 Å². The summed E-state index contributed by atoms with van der Waals surface area (Å²) in [6.45, 7) is 8.12. The second kappa shape index (κ2) is 4.65. The van der Waals surface area contributed by atoms with Gasteiger partial charge >= 0.3 is 0 Å². The van der Waals surface area contributed by atoms with Crippen molar-refractivity contribution < 1.29 is 9.84 Å². The number of rotatable bonds is 3. The Bertz CT molecular complexity index is 473. The van der Waals surface area contributed by atoms with Crippen LogP contribution in [0, 0.1) is 0 Å². The van der Waals surface area contributed by atoms with Crippen LogP contribution in [0.2, 0.25) is 5.02 Å². The molecule has 0 amide bonds. The molecule has 2 rings (SSSR count). The molecule has 1 heterocycles. The molecule has 4 heteroatoms. The van der Waals surface area contributed by atoms with Crippen LogP contribution in [-0.4, -0.2) is 28.5 Å². The highest BCUT2D eigenvalue weighted by Crippen LogP contribution is 2.46. The van der Waals surface area contributed by atoms with E-state index >= 15 is 0 Å². The summed E-state index contributed by atoms with van der Waals surface area (Å²) < 4.78 is 6.09. The molecule has 0 radical (unpaired) electrons. The van der Waals surface area contributed by atoms with Crippen LogP contribution >= 0.6 is 11.6 Å². The van der Waals surface area contributed by atoms with Crippen LogP contribution in [0.1, 0.15) is 34.1 Å². The average Bonchev–Trinajstić information content (AvgIpc) is 2.43. The van der Waals surface area contributed by atoms with Crippen molar-refractivity contribution in [3.05, 3.63) is 29.3 Å². The van der Waals surface area contributed by atoms with Crippen molar-refractivity contribution in [1.29, 1.82) is 0 Å². The summed E-state index contributed by atoms with van der Waals surface area (Å²) in [4.78, 5) is 0. The quantitative estimate of drug-likeness (QED) is 0.893. The summed E-state index contributed by atoms with van der Waals surface area (Å²) in [5.74, 6) is 0. The van der Waals surface area contributed by atoms with Crippen LogP contribution in [0.4, 0.5) is 5.69 Å². The van der Waals surface area contributed by atoms with Crippen molar-refractivity contribution in [2.45, 2.75) is 50.9 Å². The summed E-state index contributed by atoms with van der Waals surface area (Å²) in [5.41, 5.74) is -0.344. The lowest BCUT2D eigenvalue weighted by atomic mass is 9.79. The van der Waals surface area contributed by atoms with E-state index in [0.29, 0.717) is 5.02 Å². The minimum absolute atomic E-state index is 0.00986. The molecular weight excluding hydrogens is 262 g/mol. The van der Waals surface area contributed by atoms with Crippen LogP contribution in [0.5, 0.6) is 0 Å². The summed E-state index contributed by atoms with van der Waals surface area (Å²) in [6.07, 6.45) is 0.732. The molecule has 19 heavy (non-hydrogen) atoms. The minimum Gasteiger partial charge on any atom is -0.394 e. The Morgan fingerprint density at radius 3 is 2.47 bits per heavy atom. The molecule has 0 bridgehead atoms. The number of anilines is 1. The van der Waals surface area contributed by atoms with Gasteiger partial charge in [-0.15, -0.1) is 0 Å². The normalized spacial score (nSPS) is 28.3.